The number of carbonyl (C=O) groups excluding carboxylic acids is 1. The van der Waals surface area contributed by atoms with Crippen LogP contribution in [0.1, 0.15) is 29.2 Å². The second kappa shape index (κ2) is 9.62. The van der Waals surface area contributed by atoms with Crippen LogP contribution in [0.15, 0.2) is 71.7 Å². The van der Waals surface area contributed by atoms with E-state index >= 15 is 0 Å². The molecule has 3 rings (SSSR count). The number of anilines is 1. The van der Waals surface area contributed by atoms with Crippen LogP contribution in [-0.2, 0) is 11.3 Å². The smallest absolute Gasteiger partial charge is 0.319 e. The van der Waals surface area contributed by atoms with E-state index in [0.717, 1.165) is 5.56 Å². The van der Waals surface area contributed by atoms with Gasteiger partial charge in [0.25, 0.3) is 5.56 Å². The number of pyridine rings is 1. The number of aromatic nitrogens is 1. The molecular formula is C23H23N3O5. The number of benzene rings is 2. The third kappa shape index (κ3) is 5.72. The summed E-state index contributed by atoms with van der Waals surface area (Å²) >= 11 is 0. The zero-order valence-corrected chi connectivity index (χ0v) is 16.9. The molecular weight excluding hydrogens is 398 g/mol. The molecule has 0 radical (unpaired) electrons. The number of urea groups is 1. The van der Waals surface area contributed by atoms with Gasteiger partial charge in [0.05, 0.1) is 19.0 Å². The summed E-state index contributed by atoms with van der Waals surface area (Å²) < 4.78 is 1.36. The van der Waals surface area contributed by atoms with Crippen LogP contribution < -0.4 is 16.2 Å². The fourth-order valence-electron chi connectivity index (χ4n) is 3.13. The molecule has 0 aliphatic heterocycles. The summed E-state index contributed by atoms with van der Waals surface area (Å²) in [7, 11) is 0. The molecule has 0 spiro atoms. The van der Waals surface area contributed by atoms with Gasteiger partial charge in [0, 0.05) is 11.8 Å². The molecule has 1 heterocycles. The molecule has 0 unspecified atom stereocenters. The van der Waals surface area contributed by atoms with Gasteiger partial charge in [0.1, 0.15) is 11.4 Å². The predicted molar refractivity (Wildman–Crippen MR) is 116 cm³/mol. The Balaban J connectivity index is 1.76. The molecule has 0 bridgehead atoms. The normalized spacial score (nSPS) is 11.5. The molecule has 8 heteroatoms. The molecule has 3 aromatic rings. The van der Waals surface area contributed by atoms with E-state index in [0.29, 0.717) is 11.1 Å². The number of aryl methyl sites for hydroxylation is 1. The van der Waals surface area contributed by atoms with Gasteiger partial charge in [-0.05, 0) is 30.7 Å². The number of phenolic OH excluding ortho intramolecular Hbond substituents is 1. The van der Waals surface area contributed by atoms with Gasteiger partial charge >= 0.3 is 12.0 Å². The second-order valence-corrected chi connectivity index (χ2v) is 7.14. The number of amides is 2. The SMILES string of the molecule is Cc1ccc([C@H](CC(=O)O)NC(=O)Nc2cccn(Cc3ccccc3O)c2=O)cc1. The molecule has 0 aliphatic rings. The highest BCUT2D eigenvalue weighted by Crippen LogP contribution is 2.18. The molecule has 8 nitrogen and oxygen atoms in total. The second-order valence-electron chi connectivity index (χ2n) is 7.14. The van der Waals surface area contributed by atoms with Crippen molar-refractivity contribution in [3.05, 3.63) is 93.9 Å². The first-order valence-corrected chi connectivity index (χ1v) is 9.65. The monoisotopic (exact) mass is 421 g/mol. The summed E-state index contributed by atoms with van der Waals surface area (Å²) in [6.45, 7) is 2.04. The van der Waals surface area contributed by atoms with Crippen molar-refractivity contribution in [1.29, 1.82) is 0 Å². The van der Waals surface area contributed by atoms with E-state index in [1.807, 2.05) is 19.1 Å². The van der Waals surface area contributed by atoms with Crippen molar-refractivity contribution in [2.75, 3.05) is 5.32 Å². The number of aromatic hydroxyl groups is 1. The number of carboxylic acid groups (broad SMARTS) is 1. The zero-order valence-electron chi connectivity index (χ0n) is 16.9. The minimum absolute atomic E-state index is 0.0356. The first kappa shape index (κ1) is 21.6. The number of rotatable bonds is 7. The van der Waals surface area contributed by atoms with Gasteiger partial charge in [-0.2, -0.15) is 0 Å². The van der Waals surface area contributed by atoms with Gasteiger partial charge in [-0.15, -0.1) is 0 Å². The Morgan fingerprint density at radius 3 is 2.42 bits per heavy atom. The van der Waals surface area contributed by atoms with Crippen molar-refractivity contribution in [2.45, 2.75) is 25.9 Å². The lowest BCUT2D eigenvalue weighted by Crippen LogP contribution is -2.36. The van der Waals surface area contributed by atoms with Crippen LogP contribution in [0, 0.1) is 6.92 Å². The topological polar surface area (TPSA) is 121 Å². The zero-order chi connectivity index (χ0) is 22.4. The van der Waals surface area contributed by atoms with Crippen LogP contribution in [0.3, 0.4) is 0 Å². The molecule has 1 aromatic heterocycles. The number of carboxylic acids is 1. The predicted octanol–water partition coefficient (Wildman–Crippen LogP) is 3.25. The summed E-state index contributed by atoms with van der Waals surface area (Å²) in [6.07, 6.45) is 1.25. The van der Waals surface area contributed by atoms with Crippen molar-refractivity contribution < 1.29 is 19.8 Å². The number of aliphatic carboxylic acids is 1. The fourth-order valence-corrected chi connectivity index (χ4v) is 3.13. The van der Waals surface area contributed by atoms with Gasteiger partial charge in [-0.25, -0.2) is 4.79 Å². The van der Waals surface area contributed by atoms with E-state index < -0.39 is 23.6 Å². The highest BCUT2D eigenvalue weighted by Gasteiger charge is 2.19. The quantitative estimate of drug-likeness (QED) is 0.467. The molecule has 1 atom stereocenters. The molecule has 0 fully saturated rings. The van der Waals surface area contributed by atoms with Gasteiger partial charge < -0.3 is 25.4 Å². The Kier molecular flexibility index (Phi) is 6.71. The number of nitrogens with one attached hydrogen (secondary N) is 2. The van der Waals surface area contributed by atoms with E-state index in [1.54, 1.807) is 42.6 Å². The van der Waals surface area contributed by atoms with Crippen molar-refractivity contribution in [3.8, 4) is 5.75 Å². The van der Waals surface area contributed by atoms with Crippen molar-refractivity contribution >= 4 is 17.7 Å². The number of para-hydroxylation sites is 1. The number of nitrogens with zero attached hydrogens (tertiary/aromatic N) is 1. The minimum atomic E-state index is -1.06. The van der Waals surface area contributed by atoms with Crippen LogP contribution in [0.25, 0.3) is 0 Å². The molecule has 0 saturated carbocycles. The molecule has 4 N–H and O–H groups in total. The fraction of sp³-hybridized carbons (Fsp3) is 0.174. The number of hydrogen-bond donors (Lipinski definition) is 4. The van der Waals surface area contributed by atoms with Gasteiger partial charge in [-0.3, -0.25) is 9.59 Å². The highest BCUT2D eigenvalue weighted by molar-refractivity contribution is 5.89. The van der Waals surface area contributed by atoms with Gasteiger partial charge in [0.2, 0.25) is 0 Å². The van der Waals surface area contributed by atoms with Gasteiger partial charge in [0.15, 0.2) is 0 Å². The number of hydrogen-bond acceptors (Lipinski definition) is 4. The van der Waals surface area contributed by atoms with Gasteiger partial charge in [-0.1, -0.05) is 48.0 Å². The maximum absolute atomic E-state index is 12.7. The highest BCUT2D eigenvalue weighted by atomic mass is 16.4. The van der Waals surface area contributed by atoms with E-state index in [1.165, 1.54) is 16.7 Å². The number of carbonyl (C=O) groups is 2. The first-order valence-electron chi connectivity index (χ1n) is 9.65. The molecule has 2 aromatic carbocycles. The first-order chi connectivity index (χ1) is 14.8. The van der Waals surface area contributed by atoms with E-state index in [2.05, 4.69) is 10.6 Å². The Bertz CT molecular complexity index is 1140. The Morgan fingerprint density at radius 2 is 1.74 bits per heavy atom. The largest absolute Gasteiger partial charge is 0.508 e. The van der Waals surface area contributed by atoms with E-state index in [4.69, 9.17) is 0 Å². The van der Waals surface area contributed by atoms with Crippen molar-refractivity contribution in [2.24, 2.45) is 0 Å². The van der Waals surface area contributed by atoms with Crippen molar-refractivity contribution in [3.63, 3.8) is 0 Å². The van der Waals surface area contributed by atoms with E-state index in [-0.39, 0.29) is 24.4 Å². The summed E-state index contributed by atoms with van der Waals surface area (Å²) in [4.78, 5) is 36.5. The Morgan fingerprint density at radius 1 is 1.03 bits per heavy atom. The van der Waals surface area contributed by atoms with E-state index in [9.17, 15) is 24.6 Å². The summed E-state index contributed by atoms with van der Waals surface area (Å²) in [5, 5.41) is 24.2. The van der Waals surface area contributed by atoms with Crippen LogP contribution in [0.5, 0.6) is 5.75 Å². The summed E-state index contributed by atoms with van der Waals surface area (Å²) in [5.74, 6) is -0.990. The Hall–Kier alpha value is -4.07. The molecule has 0 aliphatic carbocycles. The minimum Gasteiger partial charge on any atom is -0.508 e. The molecule has 0 saturated heterocycles. The van der Waals surface area contributed by atoms with Crippen LogP contribution >= 0.6 is 0 Å². The van der Waals surface area contributed by atoms with Crippen LogP contribution in [0.2, 0.25) is 0 Å². The summed E-state index contributed by atoms with van der Waals surface area (Å²) in [5.41, 5.74) is 1.80. The van der Waals surface area contributed by atoms with Crippen LogP contribution in [-0.4, -0.2) is 26.8 Å². The standard InChI is InChI=1S/C23H23N3O5/c1-15-8-10-16(11-9-15)19(13-21(28)29)25-23(31)24-18-6-4-12-26(22(18)30)14-17-5-2-3-7-20(17)27/h2-12,19,27H,13-14H2,1H3,(H,28,29)(H2,24,25,31)/t19-/m0/s1. The lowest BCUT2D eigenvalue weighted by molar-refractivity contribution is -0.137. The summed E-state index contributed by atoms with van der Waals surface area (Å²) in [6, 6.07) is 15.5. The number of phenols is 1. The lowest BCUT2D eigenvalue weighted by atomic mass is 10.0. The maximum atomic E-state index is 12.7. The average molecular weight is 421 g/mol. The van der Waals surface area contributed by atoms with Crippen molar-refractivity contribution in [1.82, 2.24) is 9.88 Å². The Labute approximate surface area is 178 Å². The maximum Gasteiger partial charge on any atom is 0.319 e. The van der Waals surface area contributed by atoms with Crippen LogP contribution in [0.4, 0.5) is 10.5 Å². The average Bonchev–Trinajstić information content (AvgIpc) is 2.72. The lowest BCUT2D eigenvalue weighted by Gasteiger charge is -2.18. The third-order valence-electron chi connectivity index (χ3n) is 4.76. The molecule has 2 amide bonds. The molecule has 31 heavy (non-hydrogen) atoms. The third-order valence-corrected chi connectivity index (χ3v) is 4.76. The molecule has 160 valence electrons.